The molecule has 1 fully saturated rings. The lowest BCUT2D eigenvalue weighted by Gasteiger charge is -2.27. The van der Waals surface area contributed by atoms with Crippen LogP contribution in [0.3, 0.4) is 0 Å². The Morgan fingerprint density at radius 3 is 2.59 bits per heavy atom. The highest BCUT2D eigenvalue weighted by atomic mass is 35.5. The quantitative estimate of drug-likeness (QED) is 0.588. The van der Waals surface area contributed by atoms with Crippen molar-refractivity contribution in [3.05, 3.63) is 29.8 Å². The number of ether oxygens (including phenoxy) is 2. The highest BCUT2D eigenvalue weighted by Crippen LogP contribution is 2.28. The predicted molar refractivity (Wildman–Crippen MR) is 108 cm³/mol. The van der Waals surface area contributed by atoms with Crippen molar-refractivity contribution in [2.75, 3.05) is 31.2 Å². The van der Waals surface area contributed by atoms with Crippen molar-refractivity contribution < 1.29 is 14.3 Å². The summed E-state index contributed by atoms with van der Waals surface area (Å²) in [4.78, 5) is 27.6. The molecule has 152 valence electrons. The van der Waals surface area contributed by atoms with Crippen molar-refractivity contribution in [1.82, 2.24) is 24.7 Å². The number of rotatable bonds is 2. The lowest BCUT2D eigenvalue weighted by Crippen LogP contribution is -2.36. The van der Waals surface area contributed by atoms with E-state index in [1.165, 1.54) is 6.20 Å². The van der Waals surface area contributed by atoms with Crippen molar-refractivity contribution in [2.45, 2.75) is 26.4 Å². The average Bonchev–Trinajstić information content (AvgIpc) is 3.06. The Balaban J connectivity index is 1.73. The number of halogens is 1. The molecule has 10 heteroatoms. The van der Waals surface area contributed by atoms with Gasteiger partial charge in [-0.2, -0.15) is 9.78 Å². The van der Waals surface area contributed by atoms with E-state index in [4.69, 9.17) is 21.1 Å². The zero-order valence-electron chi connectivity index (χ0n) is 16.4. The van der Waals surface area contributed by atoms with Crippen LogP contribution in [0.2, 0.25) is 5.28 Å². The van der Waals surface area contributed by atoms with Crippen LogP contribution in [0, 0.1) is 0 Å². The summed E-state index contributed by atoms with van der Waals surface area (Å²) >= 11 is 5.99. The Morgan fingerprint density at radius 2 is 1.93 bits per heavy atom. The van der Waals surface area contributed by atoms with Crippen LogP contribution in [0.1, 0.15) is 20.8 Å². The molecular formula is C19H21ClN6O3. The number of carbonyl (C=O) groups excluding carboxylic acids is 1. The third-order valence-corrected chi connectivity index (χ3v) is 4.50. The van der Waals surface area contributed by atoms with E-state index in [0.717, 1.165) is 23.6 Å². The first kappa shape index (κ1) is 19.5. The van der Waals surface area contributed by atoms with E-state index in [9.17, 15) is 4.79 Å². The van der Waals surface area contributed by atoms with Crippen molar-refractivity contribution in [2.24, 2.45) is 0 Å². The van der Waals surface area contributed by atoms with Gasteiger partial charge in [0, 0.05) is 24.8 Å². The lowest BCUT2D eigenvalue weighted by atomic mass is 10.2. The molecule has 0 saturated carbocycles. The predicted octanol–water partition coefficient (Wildman–Crippen LogP) is 3.16. The van der Waals surface area contributed by atoms with E-state index >= 15 is 0 Å². The number of aromatic nitrogens is 5. The molecule has 1 saturated heterocycles. The summed E-state index contributed by atoms with van der Waals surface area (Å²) in [5, 5.41) is 4.50. The van der Waals surface area contributed by atoms with Gasteiger partial charge in [-0.3, -0.25) is 0 Å². The van der Waals surface area contributed by atoms with Crippen LogP contribution in [0.25, 0.3) is 22.3 Å². The van der Waals surface area contributed by atoms with Crippen LogP contribution in [-0.4, -0.2) is 62.7 Å². The van der Waals surface area contributed by atoms with Gasteiger partial charge in [0.25, 0.3) is 0 Å². The molecule has 0 unspecified atom stereocenters. The Labute approximate surface area is 172 Å². The number of hydrogen-bond donors (Lipinski definition) is 0. The second kappa shape index (κ2) is 7.57. The number of anilines is 1. The molecule has 0 N–H and O–H groups in total. The highest BCUT2D eigenvalue weighted by molar-refractivity contribution is 6.28. The van der Waals surface area contributed by atoms with Gasteiger partial charge in [0.05, 0.1) is 19.4 Å². The van der Waals surface area contributed by atoms with Crippen LogP contribution < -0.4 is 4.90 Å². The second-order valence-corrected chi connectivity index (χ2v) is 7.96. The van der Waals surface area contributed by atoms with E-state index in [1.54, 1.807) is 27.0 Å². The maximum atomic E-state index is 12.6. The summed E-state index contributed by atoms with van der Waals surface area (Å²) in [5.74, 6) is 0.862. The van der Waals surface area contributed by atoms with Crippen molar-refractivity contribution in [3.63, 3.8) is 0 Å². The van der Waals surface area contributed by atoms with Gasteiger partial charge >= 0.3 is 6.09 Å². The fourth-order valence-electron chi connectivity index (χ4n) is 3.03. The normalized spacial score (nSPS) is 15.0. The number of carbonyl (C=O) groups is 1. The molecule has 0 aliphatic carbocycles. The van der Waals surface area contributed by atoms with Gasteiger partial charge < -0.3 is 14.4 Å². The molecule has 3 aromatic rings. The molecule has 4 heterocycles. The fourth-order valence-corrected chi connectivity index (χ4v) is 3.16. The van der Waals surface area contributed by atoms with Gasteiger partial charge in [0.15, 0.2) is 0 Å². The number of nitrogens with zero attached hydrogens (tertiary/aromatic N) is 6. The molecule has 1 aliphatic rings. The minimum absolute atomic E-state index is 0.0698. The first-order chi connectivity index (χ1) is 13.8. The minimum Gasteiger partial charge on any atom is -0.442 e. The fraction of sp³-hybridized carbons (Fsp3) is 0.421. The smallest absolute Gasteiger partial charge is 0.435 e. The van der Waals surface area contributed by atoms with E-state index in [2.05, 4.69) is 25.0 Å². The first-order valence-corrected chi connectivity index (χ1v) is 9.63. The van der Waals surface area contributed by atoms with E-state index < -0.39 is 11.7 Å². The van der Waals surface area contributed by atoms with Gasteiger partial charge in [-0.1, -0.05) is 0 Å². The molecule has 1 aliphatic heterocycles. The topological polar surface area (TPSA) is 95.3 Å². The molecular weight excluding hydrogens is 396 g/mol. The maximum Gasteiger partial charge on any atom is 0.435 e. The molecule has 0 bridgehead atoms. The first-order valence-electron chi connectivity index (χ1n) is 9.25. The van der Waals surface area contributed by atoms with Crippen LogP contribution in [0.5, 0.6) is 0 Å². The summed E-state index contributed by atoms with van der Waals surface area (Å²) in [6.07, 6.45) is 2.56. The molecule has 4 rings (SSSR count). The highest BCUT2D eigenvalue weighted by Gasteiger charge is 2.24. The van der Waals surface area contributed by atoms with Crippen LogP contribution in [0.15, 0.2) is 24.5 Å². The van der Waals surface area contributed by atoms with E-state index in [-0.39, 0.29) is 5.28 Å². The molecule has 0 radical (unpaired) electrons. The maximum absolute atomic E-state index is 12.6. The average molecular weight is 417 g/mol. The Hall–Kier alpha value is -2.78. The van der Waals surface area contributed by atoms with Gasteiger partial charge in [0.2, 0.25) is 5.28 Å². The zero-order valence-corrected chi connectivity index (χ0v) is 17.2. The summed E-state index contributed by atoms with van der Waals surface area (Å²) in [6.45, 7) is 8.34. The number of hydrogen-bond acceptors (Lipinski definition) is 8. The Kier molecular flexibility index (Phi) is 5.10. The molecule has 0 spiro atoms. The van der Waals surface area contributed by atoms with Gasteiger partial charge in [0.1, 0.15) is 28.1 Å². The molecule has 29 heavy (non-hydrogen) atoms. The number of fused-ring (bicyclic) bond motifs is 1. The largest absolute Gasteiger partial charge is 0.442 e. The summed E-state index contributed by atoms with van der Waals surface area (Å²) in [7, 11) is 0. The van der Waals surface area contributed by atoms with Crippen LogP contribution in [-0.2, 0) is 9.47 Å². The summed E-state index contributed by atoms with van der Waals surface area (Å²) in [5.41, 5.74) is 1.40. The number of morpholine rings is 1. The van der Waals surface area contributed by atoms with Crippen molar-refractivity contribution in [3.8, 4) is 11.3 Å². The molecule has 0 aromatic carbocycles. The summed E-state index contributed by atoms with van der Waals surface area (Å²) in [6, 6.07) is 3.82. The molecule has 3 aromatic heterocycles. The molecule has 0 amide bonds. The van der Waals surface area contributed by atoms with Gasteiger partial charge in [-0.15, -0.1) is 0 Å². The SMILES string of the molecule is CC(C)(C)OC(=O)n1nc(-c2ccc(N3CCOCC3)nc2)c2nc(Cl)ncc21. The van der Waals surface area contributed by atoms with E-state index in [1.807, 2.05) is 12.1 Å². The van der Waals surface area contributed by atoms with Crippen LogP contribution in [0.4, 0.5) is 10.6 Å². The molecule has 0 atom stereocenters. The minimum atomic E-state index is -0.663. The number of pyridine rings is 1. The third-order valence-electron chi connectivity index (χ3n) is 4.32. The Bertz CT molecular complexity index is 1040. The van der Waals surface area contributed by atoms with Gasteiger partial charge in [-0.05, 0) is 44.5 Å². The summed E-state index contributed by atoms with van der Waals surface area (Å²) < 4.78 is 12.0. The third kappa shape index (κ3) is 4.15. The standard InChI is InChI=1S/C19H21ClN6O3/c1-19(2,3)29-18(27)26-13-11-22-17(20)23-16(13)15(24-26)12-4-5-14(21-10-12)25-6-8-28-9-7-25/h4-5,10-11H,6-9H2,1-3H3. The monoisotopic (exact) mass is 416 g/mol. The Morgan fingerprint density at radius 1 is 1.17 bits per heavy atom. The van der Waals surface area contributed by atoms with Crippen LogP contribution >= 0.6 is 11.6 Å². The van der Waals surface area contributed by atoms with Crippen molar-refractivity contribution in [1.29, 1.82) is 0 Å². The van der Waals surface area contributed by atoms with Crippen molar-refractivity contribution >= 4 is 34.5 Å². The second-order valence-electron chi connectivity index (χ2n) is 7.62. The lowest BCUT2D eigenvalue weighted by molar-refractivity contribution is 0.0523. The van der Waals surface area contributed by atoms with E-state index in [0.29, 0.717) is 35.5 Å². The molecule has 9 nitrogen and oxygen atoms in total. The van der Waals surface area contributed by atoms with Gasteiger partial charge in [-0.25, -0.2) is 19.7 Å². The zero-order chi connectivity index (χ0) is 20.6.